The number of carbonyl (C=O) groups is 2. The highest BCUT2D eigenvalue weighted by Crippen LogP contribution is 2.38. The zero-order valence-corrected chi connectivity index (χ0v) is 20.1. The van der Waals surface area contributed by atoms with Gasteiger partial charge in [-0.3, -0.25) is 19.0 Å². The highest BCUT2D eigenvalue weighted by atomic mass is 32.2. The van der Waals surface area contributed by atoms with Gasteiger partial charge in [-0.05, 0) is 57.6 Å². The molecule has 10 heteroatoms. The summed E-state index contributed by atoms with van der Waals surface area (Å²) >= 11 is 4.17. The Morgan fingerprint density at radius 1 is 1.23 bits per heavy atom. The van der Waals surface area contributed by atoms with Gasteiger partial charge in [0.15, 0.2) is 5.16 Å². The summed E-state index contributed by atoms with van der Waals surface area (Å²) in [6.07, 6.45) is 3.84. The number of thiophene rings is 2. The van der Waals surface area contributed by atoms with Gasteiger partial charge in [0.2, 0.25) is 5.91 Å². The van der Waals surface area contributed by atoms with E-state index < -0.39 is 5.91 Å². The lowest BCUT2D eigenvalue weighted by atomic mass is 9.95. The van der Waals surface area contributed by atoms with Crippen molar-refractivity contribution in [1.82, 2.24) is 9.55 Å². The highest BCUT2D eigenvalue weighted by Gasteiger charge is 2.25. The molecule has 2 amide bonds. The number of nitrogens with one attached hydrogen (secondary N) is 1. The van der Waals surface area contributed by atoms with Gasteiger partial charge in [-0.2, -0.15) is 0 Å². The molecule has 1 aliphatic carbocycles. The fourth-order valence-corrected chi connectivity index (χ4v) is 7.15. The number of carbonyl (C=O) groups excluding carboxylic acids is 2. The zero-order valence-electron chi connectivity index (χ0n) is 17.7. The molecule has 3 aromatic rings. The van der Waals surface area contributed by atoms with Crippen molar-refractivity contribution in [2.75, 3.05) is 11.1 Å². The quantitative estimate of drug-likeness (QED) is 0.415. The SMILES string of the molecule is CCn1c(SCC(=O)Nc2sc3c(c2C(N)=O)CCCC3)nc2sc(C)c(C)c2c1=O. The fourth-order valence-electron chi connectivity index (χ4n) is 3.91. The predicted molar refractivity (Wildman–Crippen MR) is 128 cm³/mol. The number of aromatic nitrogens is 2. The number of nitrogens with two attached hydrogens (primary N) is 1. The van der Waals surface area contributed by atoms with Crippen molar-refractivity contribution in [3.8, 4) is 0 Å². The number of fused-ring (bicyclic) bond motifs is 2. The standard InChI is InChI=1S/C21H24N4O3S3/c1-4-25-20(28)15-10(2)11(3)30-18(15)24-21(25)29-9-14(26)23-19-16(17(22)27)12-7-5-6-8-13(12)31-19/h4-9H2,1-3H3,(H2,22,27)(H,23,26). The first kappa shape index (κ1) is 22.0. The molecule has 0 aromatic carbocycles. The van der Waals surface area contributed by atoms with Crippen molar-refractivity contribution in [3.05, 3.63) is 36.8 Å². The second-order valence-corrected chi connectivity index (χ2v) is 10.8. The van der Waals surface area contributed by atoms with Crippen molar-refractivity contribution < 1.29 is 9.59 Å². The number of hydrogen-bond donors (Lipinski definition) is 2. The number of amides is 2. The van der Waals surface area contributed by atoms with Crippen LogP contribution in [0.15, 0.2) is 9.95 Å². The van der Waals surface area contributed by atoms with E-state index in [9.17, 15) is 14.4 Å². The normalized spacial score (nSPS) is 13.4. The van der Waals surface area contributed by atoms with E-state index >= 15 is 0 Å². The van der Waals surface area contributed by atoms with E-state index in [1.54, 1.807) is 4.57 Å². The van der Waals surface area contributed by atoms with Crippen LogP contribution in [0.3, 0.4) is 0 Å². The van der Waals surface area contributed by atoms with Gasteiger partial charge >= 0.3 is 0 Å². The molecule has 164 valence electrons. The third kappa shape index (κ3) is 4.04. The summed E-state index contributed by atoms with van der Waals surface area (Å²) < 4.78 is 1.61. The Morgan fingerprint density at radius 3 is 2.68 bits per heavy atom. The Kier molecular flexibility index (Phi) is 6.23. The monoisotopic (exact) mass is 476 g/mol. The lowest BCUT2D eigenvalue weighted by Gasteiger charge is -2.11. The molecule has 0 radical (unpaired) electrons. The summed E-state index contributed by atoms with van der Waals surface area (Å²) in [6.45, 7) is 6.29. The number of rotatable bonds is 6. The molecule has 4 rings (SSSR count). The van der Waals surface area contributed by atoms with Crippen LogP contribution in [-0.2, 0) is 24.2 Å². The van der Waals surface area contributed by atoms with E-state index in [-0.39, 0.29) is 17.2 Å². The average molecular weight is 477 g/mol. The number of hydrogen-bond acceptors (Lipinski definition) is 7. The molecule has 7 nitrogen and oxygen atoms in total. The Labute approximate surface area is 192 Å². The summed E-state index contributed by atoms with van der Waals surface area (Å²) in [5.41, 5.74) is 7.95. The number of anilines is 1. The van der Waals surface area contributed by atoms with Crippen molar-refractivity contribution in [2.24, 2.45) is 5.73 Å². The second-order valence-electron chi connectivity index (χ2n) is 7.52. The molecule has 0 unspecified atom stereocenters. The van der Waals surface area contributed by atoms with Crippen molar-refractivity contribution >= 4 is 61.5 Å². The van der Waals surface area contributed by atoms with Crippen LogP contribution in [0.1, 0.15) is 51.0 Å². The van der Waals surface area contributed by atoms with E-state index in [1.165, 1.54) is 34.4 Å². The fraction of sp³-hybridized carbons (Fsp3) is 0.429. The number of thioether (sulfide) groups is 1. The zero-order chi connectivity index (χ0) is 22.3. The largest absolute Gasteiger partial charge is 0.365 e. The molecule has 0 bridgehead atoms. The summed E-state index contributed by atoms with van der Waals surface area (Å²) in [4.78, 5) is 45.2. The van der Waals surface area contributed by atoms with Crippen molar-refractivity contribution in [1.29, 1.82) is 0 Å². The van der Waals surface area contributed by atoms with Crippen LogP contribution in [0.25, 0.3) is 10.2 Å². The van der Waals surface area contributed by atoms with Gasteiger partial charge < -0.3 is 11.1 Å². The maximum atomic E-state index is 12.9. The highest BCUT2D eigenvalue weighted by molar-refractivity contribution is 7.99. The molecule has 31 heavy (non-hydrogen) atoms. The van der Waals surface area contributed by atoms with Crippen LogP contribution in [0.4, 0.5) is 5.00 Å². The Bertz CT molecular complexity index is 1260. The van der Waals surface area contributed by atoms with Crippen LogP contribution in [0, 0.1) is 13.8 Å². The molecule has 0 spiro atoms. The van der Waals surface area contributed by atoms with E-state index in [0.29, 0.717) is 32.5 Å². The van der Waals surface area contributed by atoms with Gasteiger partial charge in [-0.15, -0.1) is 22.7 Å². The van der Waals surface area contributed by atoms with Crippen LogP contribution in [0.2, 0.25) is 0 Å². The molecular formula is C21H24N4O3S3. The Balaban J connectivity index is 1.56. The summed E-state index contributed by atoms with van der Waals surface area (Å²) in [5.74, 6) is -0.665. The minimum absolute atomic E-state index is 0.0702. The van der Waals surface area contributed by atoms with Crippen LogP contribution >= 0.6 is 34.4 Å². The maximum absolute atomic E-state index is 12.9. The molecule has 0 atom stereocenters. The number of aryl methyl sites for hydroxylation is 3. The van der Waals surface area contributed by atoms with Gasteiger partial charge in [-0.25, -0.2) is 4.98 Å². The number of nitrogens with zero attached hydrogens (tertiary/aromatic N) is 2. The molecule has 0 saturated heterocycles. The van der Waals surface area contributed by atoms with Gasteiger partial charge in [0.25, 0.3) is 11.5 Å². The van der Waals surface area contributed by atoms with E-state index in [0.717, 1.165) is 46.6 Å². The smallest absolute Gasteiger partial charge is 0.263 e. The molecule has 3 heterocycles. The summed E-state index contributed by atoms with van der Waals surface area (Å²) in [6, 6.07) is 0. The van der Waals surface area contributed by atoms with Crippen molar-refractivity contribution in [2.45, 2.75) is 58.2 Å². The molecule has 0 saturated carbocycles. The first-order valence-electron chi connectivity index (χ1n) is 10.2. The van der Waals surface area contributed by atoms with Crippen molar-refractivity contribution in [3.63, 3.8) is 0 Å². The molecule has 0 fully saturated rings. The first-order chi connectivity index (χ1) is 14.8. The third-order valence-corrected chi connectivity index (χ3v) is 8.86. The van der Waals surface area contributed by atoms with Gasteiger partial charge in [0, 0.05) is 16.3 Å². The Hall–Kier alpha value is -2.17. The molecule has 1 aliphatic rings. The Morgan fingerprint density at radius 2 is 1.97 bits per heavy atom. The summed E-state index contributed by atoms with van der Waals surface area (Å²) in [7, 11) is 0. The maximum Gasteiger partial charge on any atom is 0.263 e. The lowest BCUT2D eigenvalue weighted by Crippen LogP contribution is -2.23. The first-order valence-corrected chi connectivity index (χ1v) is 12.8. The molecule has 3 N–H and O–H groups in total. The lowest BCUT2D eigenvalue weighted by molar-refractivity contribution is -0.113. The van der Waals surface area contributed by atoms with Crippen LogP contribution in [0.5, 0.6) is 0 Å². The minimum atomic E-state index is -0.502. The van der Waals surface area contributed by atoms with Gasteiger partial charge in [0.1, 0.15) is 9.83 Å². The molecular weight excluding hydrogens is 452 g/mol. The molecule has 3 aromatic heterocycles. The summed E-state index contributed by atoms with van der Waals surface area (Å²) in [5, 5.41) is 4.59. The van der Waals surface area contributed by atoms with Crippen LogP contribution < -0.4 is 16.6 Å². The van der Waals surface area contributed by atoms with Gasteiger partial charge in [0.05, 0.1) is 16.7 Å². The molecule has 0 aliphatic heterocycles. The third-order valence-electron chi connectivity index (χ3n) is 5.57. The average Bonchev–Trinajstić information content (AvgIpc) is 3.23. The van der Waals surface area contributed by atoms with Crippen LogP contribution in [-0.4, -0.2) is 27.1 Å². The van der Waals surface area contributed by atoms with E-state index in [1.807, 2.05) is 20.8 Å². The topological polar surface area (TPSA) is 107 Å². The minimum Gasteiger partial charge on any atom is -0.365 e. The predicted octanol–water partition coefficient (Wildman–Crippen LogP) is 3.86. The second kappa shape index (κ2) is 8.76. The van der Waals surface area contributed by atoms with E-state index in [4.69, 9.17) is 5.73 Å². The van der Waals surface area contributed by atoms with E-state index in [2.05, 4.69) is 10.3 Å². The number of primary amides is 1. The van der Waals surface area contributed by atoms with Gasteiger partial charge in [-0.1, -0.05) is 11.8 Å².